The van der Waals surface area contributed by atoms with Crippen molar-refractivity contribution in [2.45, 2.75) is 44.2 Å². The highest BCUT2D eigenvalue weighted by atomic mass is 32.2. The van der Waals surface area contributed by atoms with Crippen molar-refractivity contribution in [1.82, 2.24) is 19.5 Å². The molecule has 2 aromatic rings. The molecule has 2 N–H and O–H groups in total. The van der Waals surface area contributed by atoms with E-state index >= 15 is 0 Å². The first-order valence-corrected chi connectivity index (χ1v) is 13.0. The Kier molecular flexibility index (Phi) is 8.51. The number of urea groups is 1. The van der Waals surface area contributed by atoms with Crippen molar-refractivity contribution in [2.24, 2.45) is 5.92 Å². The minimum Gasteiger partial charge on any atom is -0.487 e. The van der Waals surface area contributed by atoms with Crippen LogP contribution < -0.4 is 10.1 Å². The molecular weight excluding hydrogens is 456 g/mol. The van der Waals surface area contributed by atoms with Crippen LogP contribution >= 0.6 is 0 Å². The van der Waals surface area contributed by atoms with E-state index in [1.54, 1.807) is 43.4 Å². The quantitative estimate of drug-likeness (QED) is 0.617. The second-order valence-electron chi connectivity index (χ2n) is 8.76. The highest BCUT2D eigenvalue weighted by Gasteiger charge is 2.38. The summed E-state index contributed by atoms with van der Waals surface area (Å²) in [5.41, 5.74) is 1.60. The van der Waals surface area contributed by atoms with E-state index in [1.165, 1.54) is 10.4 Å². The number of nitrogens with one attached hydrogen (secondary N) is 1. The highest BCUT2D eigenvalue weighted by molar-refractivity contribution is 7.89. The van der Waals surface area contributed by atoms with Crippen LogP contribution in [0.25, 0.3) is 11.1 Å². The van der Waals surface area contributed by atoms with Crippen molar-refractivity contribution in [3.63, 3.8) is 0 Å². The number of hydrogen-bond donors (Lipinski definition) is 2. The lowest BCUT2D eigenvalue weighted by molar-refractivity contribution is 0.0813. The molecule has 0 fully saturated rings. The van der Waals surface area contributed by atoms with Crippen molar-refractivity contribution in [1.29, 1.82) is 0 Å². The number of hydrogen-bond acceptors (Lipinski definition) is 6. The Morgan fingerprint density at radius 3 is 2.76 bits per heavy atom. The number of fused-ring (bicyclic) bond motifs is 1. The Morgan fingerprint density at radius 1 is 1.35 bits per heavy atom. The van der Waals surface area contributed by atoms with E-state index in [-0.39, 0.29) is 42.3 Å². The zero-order valence-corrected chi connectivity index (χ0v) is 21.0. The van der Waals surface area contributed by atoms with Gasteiger partial charge in [-0.1, -0.05) is 26.0 Å². The lowest BCUT2D eigenvalue weighted by atomic mass is 10.0. The van der Waals surface area contributed by atoms with Gasteiger partial charge in [0.1, 0.15) is 16.7 Å². The first-order chi connectivity index (χ1) is 16.2. The maximum atomic E-state index is 13.6. The van der Waals surface area contributed by atoms with Crippen LogP contribution in [0.1, 0.15) is 27.2 Å². The van der Waals surface area contributed by atoms with E-state index in [1.807, 2.05) is 26.0 Å². The van der Waals surface area contributed by atoms with Gasteiger partial charge in [-0.05, 0) is 37.1 Å². The van der Waals surface area contributed by atoms with Crippen molar-refractivity contribution < 1.29 is 23.1 Å². The monoisotopic (exact) mass is 490 g/mol. The van der Waals surface area contributed by atoms with Gasteiger partial charge < -0.3 is 20.1 Å². The molecule has 0 unspecified atom stereocenters. The molecule has 0 aliphatic carbocycles. The number of carbonyl (C=O) groups is 1. The number of rotatable bonds is 7. The summed E-state index contributed by atoms with van der Waals surface area (Å²) in [5, 5.41) is 12.6. The van der Waals surface area contributed by atoms with E-state index in [9.17, 15) is 18.3 Å². The third kappa shape index (κ3) is 5.68. The predicted octanol–water partition coefficient (Wildman–Crippen LogP) is 2.57. The molecule has 3 atom stereocenters. The third-order valence-corrected chi connectivity index (χ3v) is 8.01. The Morgan fingerprint density at radius 2 is 2.12 bits per heavy atom. The molecular formula is C24H34N4O5S. The molecule has 34 heavy (non-hydrogen) atoms. The summed E-state index contributed by atoms with van der Waals surface area (Å²) >= 11 is 0. The van der Waals surface area contributed by atoms with Crippen LogP contribution in [0.15, 0.2) is 47.6 Å². The molecule has 1 aliphatic rings. The molecule has 186 valence electrons. The standard InChI is InChI=1S/C24H34N4O5S/c1-5-10-26-24(30)27(4)15-22-17(2)14-28(18(3)16-29)34(31,32)23-9-8-19(12-21(23)33-22)20-7-6-11-25-13-20/h6-9,11-13,17-18,22,29H,5,10,14-16H2,1-4H3,(H,26,30)/t17-,18-,22+/m0/s1. The molecule has 9 nitrogen and oxygen atoms in total. The Balaban J connectivity index is 2.04. The van der Waals surface area contributed by atoms with Crippen molar-refractivity contribution in [3.8, 4) is 16.9 Å². The summed E-state index contributed by atoms with van der Waals surface area (Å²) in [6, 6.07) is 7.84. The summed E-state index contributed by atoms with van der Waals surface area (Å²) in [4.78, 5) is 18.2. The third-order valence-electron chi connectivity index (χ3n) is 5.99. The van der Waals surface area contributed by atoms with E-state index in [0.717, 1.165) is 17.5 Å². The van der Waals surface area contributed by atoms with Gasteiger partial charge in [0.05, 0.1) is 13.2 Å². The average molecular weight is 491 g/mol. The normalized spacial score (nSPS) is 20.9. The van der Waals surface area contributed by atoms with Gasteiger partial charge in [0.2, 0.25) is 10.0 Å². The van der Waals surface area contributed by atoms with Crippen LogP contribution in [-0.4, -0.2) is 79.2 Å². The topological polar surface area (TPSA) is 112 Å². The minimum atomic E-state index is -3.93. The van der Waals surface area contributed by atoms with Gasteiger partial charge >= 0.3 is 6.03 Å². The largest absolute Gasteiger partial charge is 0.487 e. The molecule has 0 bridgehead atoms. The molecule has 0 radical (unpaired) electrons. The smallest absolute Gasteiger partial charge is 0.317 e. The molecule has 2 amide bonds. The molecule has 0 spiro atoms. The molecule has 10 heteroatoms. The Hall–Kier alpha value is -2.69. The van der Waals surface area contributed by atoms with Gasteiger partial charge in [-0.2, -0.15) is 4.31 Å². The molecule has 2 heterocycles. The van der Waals surface area contributed by atoms with Crippen molar-refractivity contribution in [2.75, 3.05) is 33.3 Å². The zero-order valence-electron chi connectivity index (χ0n) is 20.1. The zero-order chi connectivity index (χ0) is 24.9. The average Bonchev–Trinajstić information content (AvgIpc) is 2.84. The van der Waals surface area contributed by atoms with Gasteiger partial charge in [-0.15, -0.1) is 0 Å². The summed E-state index contributed by atoms with van der Waals surface area (Å²) < 4.78 is 34.8. The maximum Gasteiger partial charge on any atom is 0.317 e. The Bertz CT molecular complexity index is 1080. The molecule has 1 aromatic carbocycles. The van der Waals surface area contributed by atoms with E-state index in [2.05, 4.69) is 10.3 Å². The molecule has 1 aliphatic heterocycles. The fourth-order valence-corrected chi connectivity index (χ4v) is 5.70. The number of aliphatic hydroxyl groups excluding tert-OH is 1. The number of amides is 2. The number of aliphatic hydroxyl groups is 1. The lowest BCUT2D eigenvalue weighted by Gasteiger charge is -2.37. The molecule has 3 rings (SSSR count). The number of likely N-dealkylation sites (N-methyl/N-ethyl adjacent to an activating group) is 1. The highest BCUT2D eigenvalue weighted by Crippen LogP contribution is 2.36. The number of pyridine rings is 1. The number of aromatic nitrogens is 1. The fraction of sp³-hybridized carbons (Fsp3) is 0.500. The molecule has 0 saturated carbocycles. The maximum absolute atomic E-state index is 13.6. The van der Waals surface area contributed by atoms with Crippen LogP contribution in [0, 0.1) is 5.92 Å². The van der Waals surface area contributed by atoms with E-state index in [4.69, 9.17) is 4.74 Å². The summed E-state index contributed by atoms with van der Waals surface area (Å²) in [6.45, 7) is 6.24. The summed E-state index contributed by atoms with van der Waals surface area (Å²) in [7, 11) is -2.23. The van der Waals surface area contributed by atoms with Crippen LogP contribution in [-0.2, 0) is 10.0 Å². The Labute approximate surface area is 201 Å². The van der Waals surface area contributed by atoms with Crippen molar-refractivity contribution in [3.05, 3.63) is 42.7 Å². The van der Waals surface area contributed by atoms with Crippen LogP contribution in [0.5, 0.6) is 5.75 Å². The lowest BCUT2D eigenvalue weighted by Crippen LogP contribution is -2.51. The summed E-state index contributed by atoms with van der Waals surface area (Å²) in [5.74, 6) is -0.0317. The number of nitrogens with zero attached hydrogens (tertiary/aromatic N) is 3. The van der Waals surface area contributed by atoms with Gasteiger partial charge in [-0.3, -0.25) is 4.98 Å². The number of ether oxygens (including phenoxy) is 1. The number of benzene rings is 1. The predicted molar refractivity (Wildman–Crippen MR) is 130 cm³/mol. The molecule has 0 saturated heterocycles. The van der Waals surface area contributed by atoms with Gasteiger partial charge in [0.15, 0.2) is 0 Å². The summed E-state index contributed by atoms with van der Waals surface area (Å²) in [6.07, 6.45) is 3.73. The van der Waals surface area contributed by atoms with Crippen LogP contribution in [0.3, 0.4) is 0 Å². The van der Waals surface area contributed by atoms with Gasteiger partial charge in [-0.25, -0.2) is 13.2 Å². The minimum absolute atomic E-state index is 0.0374. The fourth-order valence-electron chi connectivity index (χ4n) is 3.88. The number of sulfonamides is 1. The van der Waals surface area contributed by atoms with Crippen molar-refractivity contribution >= 4 is 16.1 Å². The van der Waals surface area contributed by atoms with Crippen LogP contribution in [0.2, 0.25) is 0 Å². The second kappa shape index (κ2) is 11.2. The SMILES string of the molecule is CCCNC(=O)N(C)C[C@H]1Oc2cc(-c3cccnc3)ccc2S(=O)(=O)N([C@@H](C)CO)C[C@@H]1C. The first kappa shape index (κ1) is 25.9. The van der Waals surface area contributed by atoms with Crippen LogP contribution in [0.4, 0.5) is 4.79 Å². The van der Waals surface area contributed by atoms with Gasteiger partial charge in [0.25, 0.3) is 0 Å². The van der Waals surface area contributed by atoms with E-state index < -0.39 is 22.2 Å². The number of carbonyl (C=O) groups excluding carboxylic acids is 1. The second-order valence-corrected chi connectivity index (χ2v) is 10.6. The first-order valence-electron chi connectivity index (χ1n) is 11.5. The molecule has 1 aromatic heterocycles. The van der Waals surface area contributed by atoms with E-state index in [0.29, 0.717) is 6.54 Å². The van der Waals surface area contributed by atoms with Gasteiger partial charge in [0, 0.05) is 50.1 Å².